The molecule has 0 aliphatic heterocycles. The molecule has 0 amide bonds. The highest BCUT2D eigenvalue weighted by Crippen LogP contribution is 2.41. The molecular formula is C48H37N. The molecule has 1 heteroatoms. The maximum atomic E-state index is 2.35. The lowest BCUT2D eigenvalue weighted by atomic mass is 9.91. The lowest BCUT2D eigenvalue weighted by Gasteiger charge is -2.27. The van der Waals surface area contributed by atoms with Crippen LogP contribution in [0.2, 0.25) is 0 Å². The van der Waals surface area contributed by atoms with Gasteiger partial charge in [0.15, 0.2) is 0 Å². The molecule has 8 aromatic carbocycles. The average molecular weight is 628 g/mol. The number of fused-ring (bicyclic) bond motifs is 1. The van der Waals surface area contributed by atoms with Gasteiger partial charge in [-0.2, -0.15) is 0 Å². The molecule has 0 heterocycles. The summed E-state index contributed by atoms with van der Waals surface area (Å²) in [6, 6.07) is 68.3. The molecule has 0 N–H and O–H groups in total. The summed E-state index contributed by atoms with van der Waals surface area (Å²) in [7, 11) is 0. The van der Waals surface area contributed by atoms with Gasteiger partial charge in [-0.05, 0) is 112 Å². The molecule has 0 aliphatic carbocycles. The van der Waals surface area contributed by atoms with Gasteiger partial charge in [0.05, 0.1) is 0 Å². The summed E-state index contributed by atoms with van der Waals surface area (Å²) in [6.45, 7) is 4.27. The van der Waals surface area contributed by atoms with Gasteiger partial charge in [-0.25, -0.2) is 0 Å². The van der Waals surface area contributed by atoms with Crippen molar-refractivity contribution in [2.75, 3.05) is 4.90 Å². The second kappa shape index (κ2) is 13.1. The lowest BCUT2D eigenvalue weighted by Crippen LogP contribution is -2.10. The zero-order valence-corrected chi connectivity index (χ0v) is 27.8. The summed E-state index contributed by atoms with van der Waals surface area (Å²) in [5, 5.41) is 2.52. The van der Waals surface area contributed by atoms with Gasteiger partial charge in [-0.1, -0.05) is 157 Å². The second-order valence-corrected chi connectivity index (χ2v) is 12.8. The van der Waals surface area contributed by atoms with E-state index in [2.05, 4.69) is 207 Å². The molecule has 0 bridgehead atoms. The molecule has 0 saturated carbocycles. The zero-order chi connectivity index (χ0) is 33.2. The first-order valence-electron chi connectivity index (χ1n) is 16.9. The van der Waals surface area contributed by atoms with Crippen LogP contribution in [0.25, 0.3) is 55.3 Å². The predicted molar refractivity (Wildman–Crippen MR) is 210 cm³/mol. The number of nitrogens with zero attached hydrogens (tertiary/aromatic N) is 1. The number of benzene rings is 8. The average Bonchev–Trinajstić information content (AvgIpc) is 3.17. The summed E-state index contributed by atoms with van der Waals surface area (Å²) < 4.78 is 0. The van der Waals surface area contributed by atoms with Crippen molar-refractivity contribution in [3.63, 3.8) is 0 Å². The van der Waals surface area contributed by atoms with Crippen molar-refractivity contribution < 1.29 is 0 Å². The fraction of sp³-hybridized carbons (Fsp3) is 0.0417. The van der Waals surface area contributed by atoms with Gasteiger partial charge in [0.1, 0.15) is 0 Å². The molecule has 0 unspecified atom stereocenters. The first-order chi connectivity index (χ1) is 24.1. The van der Waals surface area contributed by atoms with E-state index in [0.717, 1.165) is 17.1 Å². The van der Waals surface area contributed by atoms with Crippen LogP contribution in [0.3, 0.4) is 0 Å². The SMILES string of the molecule is Cc1ccc(N(c2ccc(C)cc2)c2ccc(-c3ccc(-c4ccc5ccccc5c4)cc3)c(-c3ccc(-c4ccccc4)cc3)c2)cc1. The highest BCUT2D eigenvalue weighted by atomic mass is 15.1. The summed E-state index contributed by atoms with van der Waals surface area (Å²) in [6.07, 6.45) is 0. The Hall–Kier alpha value is -6.18. The van der Waals surface area contributed by atoms with Gasteiger partial charge in [0, 0.05) is 17.1 Å². The Morgan fingerprint density at radius 2 is 0.735 bits per heavy atom. The van der Waals surface area contributed by atoms with Crippen LogP contribution >= 0.6 is 0 Å². The largest absolute Gasteiger partial charge is 0.310 e. The maximum Gasteiger partial charge on any atom is 0.0468 e. The fourth-order valence-corrected chi connectivity index (χ4v) is 6.68. The first kappa shape index (κ1) is 30.2. The minimum atomic E-state index is 1.12. The summed E-state index contributed by atoms with van der Waals surface area (Å²) >= 11 is 0. The highest BCUT2D eigenvalue weighted by molar-refractivity contribution is 5.91. The Kier molecular flexibility index (Phi) is 8.09. The van der Waals surface area contributed by atoms with E-state index in [-0.39, 0.29) is 0 Å². The van der Waals surface area contributed by atoms with Crippen molar-refractivity contribution in [2.45, 2.75) is 13.8 Å². The molecule has 8 rings (SSSR count). The van der Waals surface area contributed by atoms with Crippen molar-refractivity contribution in [3.8, 4) is 44.5 Å². The molecule has 0 aromatic heterocycles. The van der Waals surface area contributed by atoms with Crippen LogP contribution in [-0.2, 0) is 0 Å². The summed E-state index contributed by atoms with van der Waals surface area (Å²) in [4.78, 5) is 2.35. The van der Waals surface area contributed by atoms with Crippen LogP contribution in [0.1, 0.15) is 11.1 Å². The smallest absolute Gasteiger partial charge is 0.0468 e. The molecular weight excluding hydrogens is 591 g/mol. The van der Waals surface area contributed by atoms with Gasteiger partial charge in [-0.15, -0.1) is 0 Å². The third kappa shape index (κ3) is 6.27. The Morgan fingerprint density at radius 3 is 1.35 bits per heavy atom. The van der Waals surface area contributed by atoms with E-state index in [9.17, 15) is 0 Å². The third-order valence-corrected chi connectivity index (χ3v) is 9.43. The van der Waals surface area contributed by atoms with E-state index in [1.54, 1.807) is 0 Å². The fourth-order valence-electron chi connectivity index (χ4n) is 6.68. The molecule has 8 aromatic rings. The van der Waals surface area contributed by atoms with Gasteiger partial charge >= 0.3 is 0 Å². The van der Waals surface area contributed by atoms with Crippen LogP contribution in [0.5, 0.6) is 0 Å². The normalized spacial score (nSPS) is 11.1. The van der Waals surface area contributed by atoms with E-state index in [4.69, 9.17) is 0 Å². The van der Waals surface area contributed by atoms with Crippen molar-refractivity contribution in [1.82, 2.24) is 0 Å². The Bertz CT molecular complexity index is 2310. The lowest BCUT2D eigenvalue weighted by molar-refractivity contribution is 1.27. The number of anilines is 3. The molecule has 234 valence electrons. The van der Waals surface area contributed by atoms with Gasteiger partial charge in [0.2, 0.25) is 0 Å². The minimum absolute atomic E-state index is 1.12. The van der Waals surface area contributed by atoms with E-state index in [0.29, 0.717) is 0 Å². The molecule has 0 atom stereocenters. The van der Waals surface area contributed by atoms with Crippen LogP contribution < -0.4 is 4.90 Å². The van der Waals surface area contributed by atoms with Gasteiger partial charge in [0.25, 0.3) is 0 Å². The molecule has 0 fully saturated rings. The second-order valence-electron chi connectivity index (χ2n) is 12.8. The minimum Gasteiger partial charge on any atom is -0.310 e. The molecule has 0 radical (unpaired) electrons. The highest BCUT2D eigenvalue weighted by Gasteiger charge is 2.17. The van der Waals surface area contributed by atoms with Crippen LogP contribution in [0.15, 0.2) is 188 Å². The van der Waals surface area contributed by atoms with Crippen molar-refractivity contribution in [1.29, 1.82) is 0 Å². The number of hydrogen-bond acceptors (Lipinski definition) is 1. The zero-order valence-electron chi connectivity index (χ0n) is 27.8. The van der Waals surface area contributed by atoms with Gasteiger partial charge in [-0.3, -0.25) is 0 Å². The number of hydrogen-bond donors (Lipinski definition) is 0. The Labute approximate surface area is 289 Å². The van der Waals surface area contributed by atoms with Crippen molar-refractivity contribution in [3.05, 3.63) is 199 Å². The number of rotatable bonds is 7. The predicted octanol–water partition coefficient (Wildman–Crippen LogP) is 13.6. The maximum absolute atomic E-state index is 2.35. The van der Waals surface area contributed by atoms with E-state index in [1.807, 2.05) is 0 Å². The van der Waals surface area contributed by atoms with Crippen molar-refractivity contribution in [2.24, 2.45) is 0 Å². The van der Waals surface area contributed by atoms with Crippen molar-refractivity contribution >= 4 is 27.8 Å². The monoisotopic (exact) mass is 627 g/mol. The van der Waals surface area contributed by atoms with Crippen LogP contribution in [-0.4, -0.2) is 0 Å². The van der Waals surface area contributed by atoms with E-state index in [1.165, 1.54) is 66.4 Å². The molecule has 49 heavy (non-hydrogen) atoms. The quantitative estimate of drug-likeness (QED) is 0.170. The topological polar surface area (TPSA) is 3.24 Å². The van der Waals surface area contributed by atoms with E-state index >= 15 is 0 Å². The Balaban J connectivity index is 1.24. The summed E-state index contributed by atoms with van der Waals surface area (Å²) in [5.74, 6) is 0. The van der Waals surface area contributed by atoms with Crippen LogP contribution in [0, 0.1) is 13.8 Å². The van der Waals surface area contributed by atoms with Gasteiger partial charge < -0.3 is 4.90 Å². The van der Waals surface area contributed by atoms with Crippen LogP contribution in [0.4, 0.5) is 17.1 Å². The molecule has 0 aliphatic rings. The summed E-state index contributed by atoms with van der Waals surface area (Å²) in [5.41, 5.74) is 15.5. The Morgan fingerprint density at radius 1 is 0.286 bits per heavy atom. The molecule has 0 saturated heterocycles. The first-order valence-corrected chi connectivity index (χ1v) is 16.9. The molecule has 0 spiro atoms. The number of aryl methyl sites for hydroxylation is 2. The third-order valence-electron chi connectivity index (χ3n) is 9.43. The molecule has 1 nitrogen and oxygen atoms in total. The standard InChI is InChI=1S/C48H37N/c1-34-12-26-44(27-13-34)49(45-28-14-35(2)15-29-45)46-30-31-47(48(33-46)41-23-16-38(17-24-41)36-8-4-3-5-9-36)40-21-18-39(19-22-40)43-25-20-37-10-6-7-11-42(37)32-43/h3-33H,1-2H3. The van der Waals surface area contributed by atoms with E-state index < -0.39 is 0 Å².